The number of carbonyl (C=O) groups is 1. The first-order valence-corrected chi connectivity index (χ1v) is 6.24. The molecule has 0 unspecified atom stereocenters. The van der Waals surface area contributed by atoms with E-state index in [4.69, 9.17) is 10.5 Å². The summed E-state index contributed by atoms with van der Waals surface area (Å²) in [6.07, 6.45) is 0.954. The molecule has 0 amide bonds. The van der Waals surface area contributed by atoms with Crippen LogP contribution in [0.4, 0.5) is 11.4 Å². The first kappa shape index (κ1) is 14.4. The van der Waals surface area contributed by atoms with Gasteiger partial charge in [0.25, 0.3) is 0 Å². The Balaban J connectivity index is 2.98. The van der Waals surface area contributed by atoms with E-state index >= 15 is 0 Å². The first-order chi connectivity index (χ1) is 8.39. The number of anilines is 2. The van der Waals surface area contributed by atoms with Gasteiger partial charge in [0.2, 0.25) is 0 Å². The number of nitrogens with one attached hydrogen (secondary N) is 1. The van der Waals surface area contributed by atoms with Crippen LogP contribution in [0.25, 0.3) is 0 Å². The van der Waals surface area contributed by atoms with Crippen LogP contribution < -0.4 is 11.1 Å². The molecular formula is C14H22N2O2. The summed E-state index contributed by atoms with van der Waals surface area (Å²) in [7, 11) is 0. The third kappa shape index (κ3) is 3.65. The van der Waals surface area contributed by atoms with Gasteiger partial charge in [0.15, 0.2) is 0 Å². The molecule has 18 heavy (non-hydrogen) atoms. The molecule has 1 aromatic rings. The second-order valence-electron chi connectivity index (χ2n) is 4.88. The molecule has 0 aliphatic carbocycles. The van der Waals surface area contributed by atoms with E-state index in [2.05, 4.69) is 26.1 Å². The van der Waals surface area contributed by atoms with Crippen molar-refractivity contribution in [1.29, 1.82) is 0 Å². The van der Waals surface area contributed by atoms with E-state index < -0.39 is 0 Å². The lowest BCUT2D eigenvalue weighted by Crippen LogP contribution is -2.30. The predicted molar refractivity (Wildman–Crippen MR) is 74.8 cm³/mol. The van der Waals surface area contributed by atoms with Gasteiger partial charge < -0.3 is 15.8 Å². The molecule has 4 nitrogen and oxygen atoms in total. The van der Waals surface area contributed by atoms with Gasteiger partial charge in [-0.1, -0.05) is 6.92 Å². The van der Waals surface area contributed by atoms with Crippen molar-refractivity contribution in [3.05, 3.63) is 23.8 Å². The van der Waals surface area contributed by atoms with Gasteiger partial charge in [-0.3, -0.25) is 0 Å². The van der Waals surface area contributed by atoms with Gasteiger partial charge in [0.1, 0.15) is 0 Å². The summed E-state index contributed by atoms with van der Waals surface area (Å²) in [5.74, 6) is -0.324. The molecule has 0 spiro atoms. The summed E-state index contributed by atoms with van der Waals surface area (Å²) in [6.45, 7) is 8.42. The lowest BCUT2D eigenvalue weighted by Gasteiger charge is -2.27. The first-order valence-electron chi connectivity index (χ1n) is 6.24. The molecule has 0 aliphatic heterocycles. The molecule has 3 N–H and O–H groups in total. The maximum atomic E-state index is 11.7. The molecule has 0 aromatic heterocycles. The fourth-order valence-corrected chi connectivity index (χ4v) is 1.46. The van der Waals surface area contributed by atoms with Crippen LogP contribution in [0, 0.1) is 0 Å². The van der Waals surface area contributed by atoms with Gasteiger partial charge in [-0.25, -0.2) is 4.79 Å². The van der Waals surface area contributed by atoms with E-state index in [9.17, 15) is 4.79 Å². The topological polar surface area (TPSA) is 64.3 Å². The Hall–Kier alpha value is -1.71. The molecule has 1 aromatic carbocycles. The van der Waals surface area contributed by atoms with Crippen molar-refractivity contribution in [3.8, 4) is 0 Å². The number of benzene rings is 1. The summed E-state index contributed by atoms with van der Waals surface area (Å²) in [5, 5.41) is 3.34. The van der Waals surface area contributed by atoms with Crippen molar-refractivity contribution in [1.82, 2.24) is 0 Å². The molecule has 0 bridgehead atoms. The number of carbonyl (C=O) groups excluding carboxylic acids is 1. The number of nitrogen functional groups attached to an aromatic ring is 1. The van der Waals surface area contributed by atoms with Crippen molar-refractivity contribution >= 4 is 17.3 Å². The molecule has 4 heteroatoms. The molecule has 0 saturated carbocycles. The van der Waals surface area contributed by atoms with Gasteiger partial charge >= 0.3 is 5.97 Å². The number of esters is 1. The summed E-state index contributed by atoms with van der Waals surface area (Å²) in [6, 6.07) is 5.14. The minimum atomic E-state index is -0.324. The highest BCUT2D eigenvalue weighted by Gasteiger charge is 2.17. The van der Waals surface area contributed by atoms with E-state index in [0.717, 1.165) is 12.1 Å². The fourth-order valence-electron chi connectivity index (χ4n) is 1.46. The van der Waals surface area contributed by atoms with Gasteiger partial charge in [0.05, 0.1) is 23.5 Å². The average molecular weight is 250 g/mol. The monoisotopic (exact) mass is 250 g/mol. The van der Waals surface area contributed by atoms with E-state index in [0.29, 0.717) is 17.9 Å². The largest absolute Gasteiger partial charge is 0.462 e. The Kier molecular flexibility index (Phi) is 4.59. The molecule has 0 atom stereocenters. The zero-order valence-corrected chi connectivity index (χ0v) is 11.5. The highest BCUT2D eigenvalue weighted by atomic mass is 16.5. The summed E-state index contributed by atoms with van der Waals surface area (Å²) in [5.41, 5.74) is 7.76. The lowest BCUT2D eigenvalue weighted by atomic mass is 10.0. The molecule has 1 rings (SSSR count). The van der Waals surface area contributed by atoms with Crippen LogP contribution in [0.15, 0.2) is 18.2 Å². The Bertz CT molecular complexity index is 428. The van der Waals surface area contributed by atoms with E-state index in [-0.39, 0.29) is 11.5 Å². The van der Waals surface area contributed by atoms with E-state index in [1.54, 1.807) is 25.1 Å². The SMILES string of the molecule is CCOC(=O)c1ccc(N)c(NC(C)(C)CC)c1. The zero-order valence-electron chi connectivity index (χ0n) is 11.5. The third-order valence-electron chi connectivity index (χ3n) is 2.92. The number of nitrogens with two attached hydrogens (primary N) is 1. The highest BCUT2D eigenvalue weighted by Crippen LogP contribution is 2.25. The number of ether oxygens (including phenoxy) is 1. The second kappa shape index (κ2) is 5.76. The molecule has 0 heterocycles. The predicted octanol–water partition coefficient (Wildman–Crippen LogP) is 3.05. The quantitative estimate of drug-likeness (QED) is 0.622. The minimum Gasteiger partial charge on any atom is -0.462 e. The van der Waals surface area contributed by atoms with Gasteiger partial charge in [-0.05, 0) is 45.4 Å². The third-order valence-corrected chi connectivity index (χ3v) is 2.92. The van der Waals surface area contributed by atoms with Crippen molar-refractivity contribution < 1.29 is 9.53 Å². The Morgan fingerprint density at radius 2 is 2.06 bits per heavy atom. The molecular weight excluding hydrogens is 228 g/mol. The summed E-state index contributed by atoms with van der Waals surface area (Å²) >= 11 is 0. The van der Waals surface area contributed by atoms with E-state index in [1.165, 1.54) is 0 Å². The highest BCUT2D eigenvalue weighted by molar-refractivity contribution is 5.92. The Morgan fingerprint density at radius 1 is 1.39 bits per heavy atom. The van der Waals surface area contributed by atoms with Crippen LogP contribution in [-0.4, -0.2) is 18.1 Å². The molecule has 100 valence electrons. The molecule has 0 fully saturated rings. The van der Waals surface area contributed by atoms with Crippen molar-refractivity contribution in [2.75, 3.05) is 17.7 Å². The van der Waals surface area contributed by atoms with Crippen LogP contribution in [0.1, 0.15) is 44.5 Å². The van der Waals surface area contributed by atoms with E-state index in [1.807, 2.05) is 0 Å². The van der Waals surface area contributed by atoms with Gasteiger partial charge in [0, 0.05) is 5.54 Å². The van der Waals surface area contributed by atoms with Crippen LogP contribution in [-0.2, 0) is 4.74 Å². The normalized spacial score (nSPS) is 11.1. The van der Waals surface area contributed by atoms with Crippen molar-refractivity contribution in [2.24, 2.45) is 0 Å². The Morgan fingerprint density at radius 3 is 2.61 bits per heavy atom. The summed E-state index contributed by atoms with van der Waals surface area (Å²) in [4.78, 5) is 11.7. The van der Waals surface area contributed by atoms with Crippen LogP contribution >= 0.6 is 0 Å². The van der Waals surface area contributed by atoms with Gasteiger partial charge in [-0.15, -0.1) is 0 Å². The van der Waals surface area contributed by atoms with Gasteiger partial charge in [-0.2, -0.15) is 0 Å². The number of hydrogen-bond acceptors (Lipinski definition) is 4. The maximum Gasteiger partial charge on any atom is 0.338 e. The van der Waals surface area contributed by atoms with Crippen molar-refractivity contribution in [3.63, 3.8) is 0 Å². The molecule has 0 saturated heterocycles. The van der Waals surface area contributed by atoms with Crippen LogP contribution in [0.3, 0.4) is 0 Å². The standard InChI is InChI=1S/C14H22N2O2/c1-5-14(3,4)16-12-9-10(7-8-11(12)15)13(17)18-6-2/h7-9,16H,5-6,15H2,1-4H3. The zero-order chi connectivity index (χ0) is 13.8. The second-order valence-corrected chi connectivity index (χ2v) is 4.88. The minimum absolute atomic E-state index is 0.0681. The van der Waals surface area contributed by atoms with Crippen LogP contribution in [0.2, 0.25) is 0 Å². The lowest BCUT2D eigenvalue weighted by molar-refractivity contribution is 0.0526. The average Bonchev–Trinajstić information content (AvgIpc) is 2.32. The smallest absolute Gasteiger partial charge is 0.338 e. The molecule has 0 aliphatic rings. The van der Waals surface area contributed by atoms with Crippen LogP contribution in [0.5, 0.6) is 0 Å². The maximum absolute atomic E-state index is 11.7. The summed E-state index contributed by atoms with van der Waals surface area (Å²) < 4.78 is 4.97. The number of rotatable bonds is 5. The van der Waals surface area contributed by atoms with Crippen molar-refractivity contribution in [2.45, 2.75) is 39.7 Å². The fraction of sp³-hybridized carbons (Fsp3) is 0.500. The number of hydrogen-bond donors (Lipinski definition) is 2. The molecule has 0 radical (unpaired) electrons. The Labute approximate surface area is 109 Å².